The summed E-state index contributed by atoms with van der Waals surface area (Å²) in [5.41, 5.74) is 0.884. The SMILES string of the molecule is CCNC(=NCc1ccc(Oc2ccccc2OCC)nc1)NCC1(C)CCCO1.I. The number of guanidine groups is 1. The fourth-order valence-corrected chi connectivity index (χ4v) is 3.25. The average molecular weight is 540 g/mol. The Bertz CT molecular complexity index is 824. The molecule has 0 spiro atoms. The Morgan fingerprint density at radius 3 is 2.61 bits per heavy atom. The fraction of sp³-hybridized carbons (Fsp3) is 0.478. The molecule has 3 rings (SSSR count). The zero-order valence-electron chi connectivity index (χ0n) is 18.5. The molecule has 0 bridgehead atoms. The minimum atomic E-state index is -0.117. The van der Waals surface area contributed by atoms with Crippen molar-refractivity contribution >= 4 is 29.9 Å². The van der Waals surface area contributed by atoms with Gasteiger partial charge >= 0.3 is 0 Å². The lowest BCUT2D eigenvalue weighted by atomic mass is 10.0. The Balaban J connectivity index is 0.00000341. The molecule has 0 aliphatic carbocycles. The minimum Gasteiger partial charge on any atom is -0.490 e. The Labute approximate surface area is 202 Å². The summed E-state index contributed by atoms with van der Waals surface area (Å²) < 4.78 is 17.3. The van der Waals surface area contributed by atoms with E-state index in [9.17, 15) is 0 Å². The highest BCUT2D eigenvalue weighted by molar-refractivity contribution is 14.0. The van der Waals surface area contributed by atoms with Crippen LogP contribution in [0.25, 0.3) is 0 Å². The molecule has 1 atom stereocenters. The number of nitrogens with one attached hydrogen (secondary N) is 2. The number of hydrogen-bond donors (Lipinski definition) is 2. The van der Waals surface area contributed by atoms with Crippen molar-refractivity contribution in [2.75, 3.05) is 26.3 Å². The van der Waals surface area contributed by atoms with E-state index in [-0.39, 0.29) is 29.6 Å². The molecular formula is C23H33IN4O3. The second-order valence-electron chi connectivity index (χ2n) is 7.44. The van der Waals surface area contributed by atoms with Crippen LogP contribution in [-0.2, 0) is 11.3 Å². The van der Waals surface area contributed by atoms with Crippen LogP contribution in [-0.4, -0.2) is 42.8 Å². The first-order valence-corrected chi connectivity index (χ1v) is 10.6. The fourth-order valence-electron chi connectivity index (χ4n) is 3.25. The van der Waals surface area contributed by atoms with Gasteiger partial charge in [0.05, 0.1) is 18.8 Å². The van der Waals surface area contributed by atoms with Crippen molar-refractivity contribution in [3.63, 3.8) is 0 Å². The average Bonchev–Trinajstić information content (AvgIpc) is 3.19. The predicted octanol–water partition coefficient (Wildman–Crippen LogP) is 4.51. The third-order valence-electron chi connectivity index (χ3n) is 4.86. The zero-order chi connectivity index (χ0) is 21.2. The van der Waals surface area contributed by atoms with Gasteiger partial charge in [-0.05, 0) is 51.3 Å². The molecule has 1 unspecified atom stereocenters. The first-order valence-electron chi connectivity index (χ1n) is 10.6. The van der Waals surface area contributed by atoms with Gasteiger partial charge in [0.25, 0.3) is 0 Å². The molecule has 31 heavy (non-hydrogen) atoms. The molecule has 1 aromatic carbocycles. The molecule has 2 N–H and O–H groups in total. The van der Waals surface area contributed by atoms with E-state index in [4.69, 9.17) is 14.2 Å². The van der Waals surface area contributed by atoms with E-state index in [0.717, 1.165) is 44.1 Å². The Kier molecular flexibility index (Phi) is 10.3. The summed E-state index contributed by atoms with van der Waals surface area (Å²) in [7, 11) is 0. The van der Waals surface area contributed by atoms with E-state index in [1.165, 1.54) is 0 Å². The quantitative estimate of drug-likeness (QED) is 0.277. The van der Waals surface area contributed by atoms with Gasteiger partial charge in [-0.25, -0.2) is 9.98 Å². The molecular weight excluding hydrogens is 507 g/mol. The van der Waals surface area contributed by atoms with Crippen LogP contribution in [0, 0.1) is 0 Å². The highest BCUT2D eigenvalue weighted by Crippen LogP contribution is 2.30. The molecule has 170 valence electrons. The summed E-state index contributed by atoms with van der Waals surface area (Å²) in [4.78, 5) is 9.08. The summed E-state index contributed by atoms with van der Waals surface area (Å²) in [5.74, 6) is 2.65. The van der Waals surface area contributed by atoms with Crippen LogP contribution in [0.4, 0.5) is 0 Å². The van der Waals surface area contributed by atoms with Crippen molar-refractivity contribution in [3.8, 4) is 17.4 Å². The van der Waals surface area contributed by atoms with Crippen LogP contribution in [0.2, 0.25) is 0 Å². The number of para-hydroxylation sites is 2. The highest BCUT2D eigenvalue weighted by Gasteiger charge is 2.29. The largest absolute Gasteiger partial charge is 0.490 e. The van der Waals surface area contributed by atoms with Gasteiger partial charge in [-0.15, -0.1) is 24.0 Å². The second-order valence-corrected chi connectivity index (χ2v) is 7.44. The topological polar surface area (TPSA) is 77.0 Å². The van der Waals surface area contributed by atoms with E-state index in [1.807, 2.05) is 43.3 Å². The lowest BCUT2D eigenvalue weighted by Gasteiger charge is -2.24. The van der Waals surface area contributed by atoms with Crippen LogP contribution in [0.3, 0.4) is 0 Å². The Hall–Kier alpha value is -2.07. The summed E-state index contributed by atoms with van der Waals surface area (Å²) in [6.07, 6.45) is 3.96. The van der Waals surface area contributed by atoms with E-state index in [0.29, 0.717) is 30.5 Å². The van der Waals surface area contributed by atoms with Crippen molar-refractivity contribution in [2.45, 2.75) is 45.8 Å². The molecule has 2 heterocycles. The lowest BCUT2D eigenvalue weighted by molar-refractivity contribution is 0.0243. The summed E-state index contributed by atoms with van der Waals surface area (Å²) in [6.45, 7) is 9.62. The van der Waals surface area contributed by atoms with Crippen LogP contribution < -0.4 is 20.1 Å². The van der Waals surface area contributed by atoms with Gasteiger partial charge in [-0.1, -0.05) is 18.2 Å². The van der Waals surface area contributed by atoms with E-state index >= 15 is 0 Å². The first kappa shape index (κ1) is 25.2. The molecule has 0 amide bonds. The molecule has 1 saturated heterocycles. The number of halogens is 1. The number of rotatable bonds is 9. The first-order chi connectivity index (χ1) is 14.6. The van der Waals surface area contributed by atoms with E-state index < -0.39 is 0 Å². The van der Waals surface area contributed by atoms with Gasteiger partial charge < -0.3 is 24.8 Å². The molecule has 1 aliphatic rings. The van der Waals surface area contributed by atoms with Crippen LogP contribution >= 0.6 is 24.0 Å². The molecule has 1 aliphatic heterocycles. The molecule has 8 heteroatoms. The predicted molar refractivity (Wildman–Crippen MR) is 134 cm³/mol. The summed E-state index contributed by atoms with van der Waals surface area (Å²) >= 11 is 0. The number of ether oxygens (including phenoxy) is 3. The van der Waals surface area contributed by atoms with Gasteiger partial charge in [-0.3, -0.25) is 0 Å². The third kappa shape index (κ3) is 7.84. The molecule has 0 saturated carbocycles. The molecule has 7 nitrogen and oxygen atoms in total. The highest BCUT2D eigenvalue weighted by atomic mass is 127. The third-order valence-corrected chi connectivity index (χ3v) is 4.86. The minimum absolute atomic E-state index is 0. The second kappa shape index (κ2) is 12.7. The summed E-state index contributed by atoms with van der Waals surface area (Å²) in [5, 5.41) is 6.67. The smallest absolute Gasteiger partial charge is 0.219 e. The summed E-state index contributed by atoms with van der Waals surface area (Å²) in [6, 6.07) is 11.4. The zero-order valence-corrected chi connectivity index (χ0v) is 20.8. The number of hydrogen-bond acceptors (Lipinski definition) is 5. The van der Waals surface area contributed by atoms with Gasteiger partial charge in [0, 0.05) is 32.0 Å². The van der Waals surface area contributed by atoms with Gasteiger partial charge in [0.2, 0.25) is 5.88 Å². The van der Waals surface area contributed by atoms with Gasteiger partial charge in [0.15, 0.2) is 17.5 Å². The number of aromatic nitrogens is 1. The number of aliphatic imine (C=N–C) groups is 1. The molecule has 1 fully saturated rings. The maximum atomic E-state index is 5.88. The van der Waals surface area contributed by atoms with Crippen LogP contribution in [0.15, 0.2) is 47.6 Å². The number of nitrogens with zero attached hydrogens (tertiary/aromatic N) is 2. The van der Waals surface area contributed by atoms with Gasteiger partial charge in [0.1, 0.15) is 0 Å². The maximum absolute atomic E-state index is 5.88. The molecule has 0 radical (unpaired) electrons. The van der Waals surface area contributed by atoms with Gasteiger partial charge in [-0.2, -0.15) is 0 Å². The normalized spacial score (nSPS) is 18.2. The van der Waals surface area contributed by atoms with Crippen molar-refractivity contribution in [1.29, 1.82) is 0 Å². The Morgan fingerprint density at radius 2 is 1.97 bits per heavy atom. The standard InChI is InChI=1S/C23H32N4O3.HI/c1-4-24-22(27-17-23(3)13-8-14-29-23)26-16-18-11-12-21(25-15-18)30-20-10-7-6-9-19(20)28-5-2;/h6-7,9-12,15H,4-5,8,13-14,16-17H2,1-3H3,(H2,24,26,27);1H. The van der Waals surface area contributed by atoms with Crippen LogP contribution in [0.1, 0.15) is 39.2 Å². The van der Waals surface area contributed by atoms with Crippen molar-refractivity contribution in [2.24, 2.45) is 4.99 Å². The van der Waals surface area contributed by atoms with Crippen molar-refractivity contribution in [1.82, 2.24) is 15.6 Å². The van der Waals surface area contributed by atoms with Crippen molar-refractivity contribution < 1.29 is 14.2 Å². The van der Waals surface area contributed by atoms with Crippen molar-refractivity contribution in [3.05, 3.63) is 48.2 Å². The Morgan fingerprint density at radius 1 is 1.16 bits per heavy atom. The van der Waals surface area contributed by atoms with E-state index in [1.54, 1.807) is 6.20 Å². The number of pyridine rings is 1. The van der Waals surface area contributed by atoms with E-state index in [2.05, 4.69) is 34.5 Å². The molecule has 1 aromatic heterocycles. The number of benzene rings is 1. The maximum Gasteiger partial charge on any atom is 0.219 e. The molecule has 2 aromatic rings. The monoisotopic (exact) mass is 540 g/mol. The lowest BCUT2D eigenvalue weighted by Crippen LogP contribution is -2.45. The van der Waals surface area contributed by atoms with Crippen LogP contribution in [0.5, 0.6) is 17.4 Å².